The number of nitro groups is 1. The van der Waals surface area contributed by atoms with Crippen molar-refractivity contribution in [2.45, 2.75) is 31.6 Å². The minimum Gasteiger partial charge on any atom is -0.377 e. The van der Waals surface area contributed by atoms with E-state index < -0.39 is 14.9 Å². The summed E-state index contributed by atoms with van der Waals surface area (Å²) in [5.74, 6) is -0.277. The fourth-order valence-electron chi connectivity index (χ4n) is 3.40. The number of anilines is 1. The van der Waals surface area contributed by atoms with E-state index in [0.717, 1.165) is 5.56 Å². The third kappa shape index (κ3) is 5.18. The van der Waals surface area contributed by atoms with E-state index in [1.165, 1.54) is 23.4 Å². The Kier molecular flexibility index (Phi) is 6.29. The number of nitrogens with zero attached hydrogens (tertiary/aromatic N) is 2. The molecular weight excluding hydrogens is 394 g/mol. The zero-order valence-electron chi connectivity index (χ0n) is 16.1. The molecule has 29 heavy (non-hydrogen) atoms. The zero-order chi connectivity index (χ0) is 21.0. The molecule has 0 aromatic heterocycles. The summed E-state index contributed by atoms with van der Waals surface area (Å²) in [6, 6.07) is 13.3. The molecule has 0 radical (unpaired) electrons. The lowest BCUT2D eigenvalue weighted by molar-refractivity contribution is -0.384. The highest BCUT2D eigenvalue weighted by Gasteiger charge is 2.29. The van der Waals surface area contributed by atoms with Crippen LogP contribution in [-0.2, 0) is 15.8 Å². The number of nitrogens with one attached hydrogen (secondary N) is 1. The van der Waals surface area contributed by atoms with Crippen LogP contribution in [0.5, 0.6) is 0 Å². The summed E-state index contributed by atoms with van der Waals surface area (Å²) in [6.45, 7) is 2.07. The minimum atomic E-state index is -3.41. The van der Waals surface area contributed by atoms with Crippen LogP contribution in [0.3, 0.4) is 0 Å². The Balaban J connectivity index is 1.64. The van der Waals surface area contributed by atoms with Gasteiger partial charge in [0, 0.05) is 30.8 Å². The van der Waals surface area contributed by atoms with Crippen LogP contribution in [-0.4, -0.2) is 42.6 Å². The molecule has 0 saturated carbocycles. The van der Waals surface area contributed by atoms with E-state index in [1.54, 1.807) is 18.2 Å². The highest BCUT2D eigenvalue weighted by atomic mass is 32.2. The molecule has 9 heteroatoms. The van der Waals surface area contributed by atoms with E-state index in [9.17, 15) is 23.3 Å². The number of hydrogen-bond donors (Lipinski definition) is 1. The number of nitro benzene ring substituents is 1. The number of rotatable bonds is 7. The van der Waals surface area contributed by atoms with Crippen LogP contribution in [0, 0.1) is 10.1 Å². The van der Waals surface area contributed by atoms with E-state index in [4.69, 9.17) is 0 Å². The molecule has 0 bridgehead atoms. The summed E-state index contributed by atoms with van der Waals surface area (Å²) < 4.78 is 26.8. The van der Waals surface area contributed by atoms with Gasteiger partial charge in [0.1, 0.15) is 5.69 Å². The monoisotopic (exact) mass is 417 g/mol. The third-order valence-electron chi connectivity index (χ3n) is 5.00. The Morgan fingerprint density at radius 1 is 1.17 bits per heavy atom. The van der Waals surface area contributed by atoms with Gasteiger partial charge in [0.15, 0.2) is 5.78 Å². The number of benzene rings is 2. The lowest BCUT2D eigenvalue weighted by Gasteiger charge is -2.32. The summed E-state index contributed by atoms with van der Waals surface area (Å²) in [6.07, 6.45) is 1.08. The SMILES string of the molecule is CC(=O)c1ccc(NC2CCN(S(=O)(=O)Cc3ccccc3)CC2)c([N+](=O)[O-])c1. The number of piperidine rings is 1. The van der Waals surface area contributed by atoms with Crippen LogP contribution < -0.4 is 5.32 Å². The standard InChI is InChI=1S/C20H23N3O5S/c1-15(24)17-7-8-19(20(13-17)23(25)26)21-18-9-11-22(12-10-18)29(27,28)14-16-5-3-2-4-6-16/h2-8,13,18,21H,9-12,14H2,1H3. The van der Waals surface area contributed by atoms with Crippen LogP contribution in [0.15, 0.2) is 48.5 Å². The van der Waals surface area contributed by atoms with E-state index >= 15 is 0 Å². The molecule has 3 rings (SSSR count). The minimum absolute atomic E-state index is 0.0378. The number of ketones is 1. The molecule has 2 aromatic rings. The first-order valence-corrected chi connectivity index (χ1v) is 10.9. The Bertz CT molecular complexity index is 1000. The van der Waals surface area contributed by atoms with Crippen molar-refractivity contribution in [1.82, 2.24) is 4.31 Å². The second kappa shape index (κ2) is 8.71. The average molecular weight is 417 g/mol. The topological polar surface area (TPSA) is 110 Å². The van der Waals surface area contributed by atoms with Gasteiger partial charge in [0.25, 0.3) is 5.69 Å². The number of sulfonamides is 1. The van der Waals surface area contributed by atoms with Gasteiger partial charge in [-0.15, -0.1) is 0 Å². The Hall–Kier alpha value is -2.78. The molecule has 1 fully saturated rings. The number of Topliss-reactive ketones (excluding diaryl/α,β-unsaturated/α-hetero) is 1. The normalized spacial score (nSPS) is 15.8. The van der Waals surface area contributed by atoms with E-state index in [2.05, 4.69) is 5.32 Å². The highest BCUT2D eigenvalue weighted by molar-refractivity contribution is 7.88. The molecule has 1 aliphatic rings. The van der Waals surface area contributed by atoms with Gasteiger partial charge in [-0.05, 0) is 37.5 Å². The van der Waals surface area contributed by atoms with Gasteiger partial charge in [-0.1, -0.05) is 30.3 Å². The molecule has 0 spiro atoms. The van der Waals surface area contributed by atoms with E-state index in [1.807, 2.05) is 18.2 Å². The maximum Gasteiger partial charge on any atom is 0.293 e. The molecule has 1 aliphatic heterocycles. The van der Waals surface area contributed by atoms with Crippen LogP contribution in [0.4, 0.5) is 11.4 Å². The Labute approximate surface area is 169 Å². The van der Waals surface area contributed by atoms with Gasteiger partial charge in [-0.25, -0.2) is 12.7 Å². The van der Waals surface area contributed by atoms with Crippen LogP contribution >= 0.6 is 0 Å². The fraction of sp³-hybridized carbons (Fsp3) is 0.350. The summed E-state index contributed by atoms with van der Waals surface area (Å²) in [5.41, 5.74) is 1.21. The molecule has 0 aliphatic carbocycles. The van der Waals surface area contributed by atoms with Crippen LogP contribution in [0.1, 0.15) is 35.7 Å². The predicted octanol–water partition coefficient (Wildman–Crippen LogP) is 3.20. The summed E-state index contributed by atoms with van der Waals surface area (Å²) in [5, 5.41) is 14.5. The van der Waals surface area contributed by atoms with Crippen molar-refractivity contribution in [2.24, 2.45) is 0 Å². The largest absolute Gasteiger partial charge is 0.377 e. The summed E-state index contributed by atoms with van der Waals surface area (Å²) >= 11 is 0. The molecule has 1 N–H and O–H groups in total. The third-order valence-corrected chi connectivity index (χ3v) is 6.85. The second-order valence-electron chi connectivity index (χ2n) is 7.10. The lowest BCUT2D eigenvalue weighted by Crippen LogP contribution is -2.42. The van der Waals surface area contributed by atoms with Crippen molar-refractivity contribution in [3.05, 3.63) is 69.8 Å². The molecule has 0 unspecified atom stereocenters. The quantitative estimate of drug-likeness (QED) is 0.421. The highest BCUT2D eigenvalue weighted by Crippen LogP contribution is 2.28. The van der Waals surface area contributed by atoms with Crippen molar-refractivity contribution >= 4 is 27.2 Å². The molecule has 8 nitrogen and oxygen atoms in total. The van der Waals surface area contributed by atoms with Crippen LogP contribution in [0.25, 0.3) is 0 Å². The van der Waals surface area contributed by atoms with Gasteiger partial charge >= 0.3 is 0 Å². The molecule has 0 amide bonds. The molecule has 154 valence electrons. The van der Waals surface area contributed by atoms with Crippen molar-refractivity contribution < 1.29 is 18.1 Å². The van der Waals surface area contributed by atoms with Gasteiger partial charge in [0.2, 0.25) is 10.0 Å². The molecular formula is C20H23N3O5S. The molecule has 2 aromatic carbocycles. The van der Waals surface area contributed by atoms with Gasteiger partial charge in [0.05, 0.1) is 10.7 Å². The van der Waals surface area contributed by atoms with Crippen LogP contribution in [0.2, 0.25) is 0 Å². The summed E-state index contributed by atoms with van der Waals surface area (Å²) in [4.78, 5) is 22.3. The maximum atomic E-state index is 12.6. The number of carbonyl (C=O) groups is 1. The molecule has 1 heterocycles. The molecule has 0 atom stereocenters. The van der Waals surface area contributed by atoms with E-state index in [-0.39, 0.29) is 28.8 Å². The van der Waals surface area contributed by atoms with E-state index in [0.29, 0.717) is 31.6 Å². The second-order valence-corrected chi connectivity index (χ2v) is 9.07. The van der Waals surface area contributed by atoms with Crippen molar-refractivity contribution in [2.75, 3.05) is 18.4 Å². The zero-order valence-corrected chi connectivity index (χ0v) is 16.9. The van der Waals surface area contributed by atoms with Crippen molar-refractivity contribution in [3.8, 4) is 0 Å². The first kappa shape index (κ1) is 20.9. The van der Waals surface area contributed by atoms with Gasteiger partial charge in [-0.2, -0.15) is 0 Å². The number of hydrogen-bond acceptors (Lipinski definition) is 6. The van der Waals surface area contributed by atoms with Gasteiger partial charge in [-0.3, -0.25) is 14.9 Å². The van der Waals surface area contributed by atoms with Crippen molar-refractivity contribution in [3.63, 3.8) is 0 Å². The van der Waals surface area contributed by atoms with Crippen molar-refractivity contribution in [1.29, 1.82) is 0 Å². The Morgan fingerprint density at radius 3 is 2.41 bits per heavy atom. The fourth-order valence-corrected chi connectivity index (χ4v) is 4.96. The summed E-state index contributed by atoms with van der Waals surface area (Å²) in [7, 11) is -3.41. The smallest absolute Gasteiger partial charge is 0.293 e. The number of carbonyl (C=O) groups excluding carboxylic acids is 1. The maximum absolute atomic E-state index is 12.6. The Morgan fingerprint density at radius 2 is 1.83 bits per heavy atom. The molecule has 1 saturated heterocycles. The first-order valence-electron chi connectivity index (χ1n) is 9.34. The average Bonchev–Trinajstić information content (AvgIpc) is 2.69. The lowest BCUT2D eigenvalue weighted by atomic mass is 10.0. The van der Waals surface area contributed by atoms with Gasteiger partial charge < -0.3 is 5.32 Å². The first-order chi connectivity index (χ1) is 13.8. The predicted molar refractivity (Wildman–Crippen MR) is 110 cm³/mol.